The van der Waals surface area contributed by atoms with Gasteiger partial charge in [0.2, 0.25) is 0 Å². The molecule has 2 heteroatoms. The van der Waals surface area contributed by atoms with Crippen LogP contribution < -0.4 is 0 Å². The van der Waals surface area contributed by atoms with E-state index in [1.165, 1.54) is 0 Å². The van der Waals surface area contributed by atoms with Gasteiger partial charge >= 0.3 is 0 Å². The van der Waals surface area contributed by atoms with E-state index in [2.05, 4.69) is 6.07 Å². The molecular formula is C9H11O2. The van der Waals surface area contributed by atoms with Gasteiger partial charge < -0.3 is 10.2 Å². The van der Waals surface area contributed by atoms with Crippen LogP contribution in [0.2, 0.25) is 0 Å². The molecule has 0 aliphatic carbocycles. The number of aromatic hydroxyl groups is 1. The van der Waals surface area contributed by atoms with Crippen LogP contribution in [0.15, 0.2) is 18.2 Å². The Balaban J connectivity index is 2.62. The first-order chi connectivity index (χ1) is 5.34. The third-order valence-corrected chi connectivity index (χ3v) is 1.50. The van der Waals surface area contributed by atoms with Gasteiger partial charge in [-0.25, -0.2) is 0 Å². The van der Waals surface area contributed by atoms with Crippen molar-refractivity contribution in [1.29, 1.82) is 0 Å². The molecule has 0 saturated carbocycles. The van der Waals surface area contributed by atoms with Crippen molar-refractivity contribution >= 4 is 0 Å². The van der Waals surface area contributed by atoms with Gasteiger partial charge in [0.05, 0.1) is 0 Å². The number of phenolic OH excluding ortho intramolecular Hbond substituents is 1. The zero-order chi connectivity index (χ0) is 8.10. The number of hydrogen-bond acceptors (Lipinski definition) is 2. The van der Waals surface area contributed by atoms with E-state index in [1.807, 2.05) is 0 Å². The van der Waals surface area contributed by atoms with Crippen LogP contribution in [0.25, 0.3) is 0 Å². The Bertz CT molecular complexity index is 221. The molecule has 11 heavy (non-hydrogen) atoms. The number of benzene rings is 1. The number of phenols is 1. The van der Waals surface area contributed by atoms with Crippen molar-refractivity contribution in [3.63, 3.8) is 0 Å². The molecule has 59 valence electrons. The second-order valence-corrected chi connectivity index (χ2v) is 2.36. The first-order valence-corrected chi connectivity index (χ1v) is 3.64. The number of hydrogen-bond donors (Lipinski definition) is 2. The van der Waals surface area contributed by atoms with Crippen molar-refractivity contribution in [3.8, 4) is 5.75 Å². The van der Waals surface area contributed by atoms with Gasteiger partial charge in [-0.05, 0) is 25.0 Å². The SMILES string of the molecule is OCCCc1[c]cccc1O. The zero-order valence-electron chi connectivity index (χ0n) is 6.25. The molecular weight excluding hydrogens is 140 g/mol. The second-order valence-electron chi connectivity index (χ2n) is 2.36. The van der Waals surface area contributed by atoms with Crippen molar-refractivity contribution in [3.05, 3.63) is 29.8 Å². The van der Waals surface area contributed by atoms with Crippen LogP contribution in [-0.4, -0.2) is 16.8 Å². The minimum atomic E-state index is 0.155. The zero-order valence-corrected chi connectivity index (χ0v) is 6.25. The first kappa shape index (κ1) is 8.08. The average Bonchev–Trinajstić information content (AvgIpc) is 2.03. The lowest BCUT2D eigenvalue weighted by Gasteiger charge is -2.00. The van der Waals surface area contributed by atoms with Crippen molar-refractivity contribution in [2.45, 2.75) is 12.8 Å². The fraction of sp³-hybridized carbons (Fsp3) is 0.333. The smallest absolute Gasteiger partial charge is 0.119 e. The summed E-state index contributed by atoms with van der Waals surface area (Å²) in [6, 6.07) is 8.03. The summed E-state index contributed by atoms with van der Waals surface area (Å²) in [5.41, 5.74) is 0.779. The van der Waals surface area contributed by atoms with Gasteiger partial charge in [0, 0.05) is 12.2 Å². The van der Waals surface area contributed by atoms with E-state index in [-0.39, 0.29) is 12.4 Å². The second kappa shape index (κ2) is 3.98. The Morgan fingerprint density at radius 2 is 2.27 bits per heavy atom. The summed E-state index contributed by atoms with van der Waals surface area (Å²) < 4.78 is 0. The molecule has 0 aliphatic heterocycles. The fourth-order valence-electron chi connectivity index (χ4n) is 0.919. The topological polar surface area (TPSA) is 40.5 Å². The average molecular weight is 151 g/mol. The van der Waals surface area contributed by atoms with Crippen molar-refractivity contribution in [2.24, 2.45) is 0 Å². The normalized spacial score (nSPS) is 9.91. The van der Waals surface area contributed by atoms with Crippen LogP contribution in [0.4, 0.5) is 0 Å². The third-order valence-electron chi connectivity index (χ3n) is 1.50. The van der Waals surface area contributed by atoms with Crippen LogP contribution in [0.1, 0.15) is 12.0 Å². The highest BCUT2D eigenvalue weighted by atomic mass is 16.3. The molecule has 0 spiro atoms. The highest BCUT2D eigenvalue weighted by Crippen LogP contribution is 2.15. The van der Waals surface area contributed by atoms with Crippen LogP contribution in [0.5, 0.6) is 5.75 Å². The van der Waals surface area contributed by atoms with E-state index in [0.717, 1.165) is 5.56 Å². The minimum Gasteiger partial charge on any atom is -0.508 e. The largest absolute Gasteiger partial charge is 0.508 e. The molecule has 0 bridgehead atoms. The van der Waals surface area contributed by atoms with E-state index in [1.54, 1.807) is 18.2 Å². The lowest BCUT2D eigenvalue weighted by molar-refractivity contribution is 0.288. The van der Waals surface area contributed by atoms with Crippen molar-refractivity contribution < 1.29 is 10.2 Å². The summed E-state index contributed by atoms with van der Waals surface area (Å²) >= 11 is 0. The molecule has 0 heterocycles. The number of aliphatic hydroxyl groups excluding tert-OH is 1. The molecule has 0 aromatic heterocycles. The third kappa shape index (κ3) is 2.24. The summed E-state index contributed by atoms with van der Waals surface area (Å²) in [7, 11) is 0. The van der Waals surface area contributed by atoms with Gasteiger partial charge in [-0.1, -0.05) is 12.1 Å². The molecule has 0 unspecified atom stereocenters. The summed E-state index contributed by atoms with van der Waals surface area (Å²) in [6.45, 7) is 0.155. The number of rotatable bonds is 3. The van der Waals surface area contributed by atoms with E-state index < -0.39 is 0 Å². The number of aliphatic hydroxyl groups is 1. The maximum Gasteiger partial charge on any atom is 0.119 e. The molecule has 0 aliphatic rings. The molecule has 2 nitrogen and oxygen atoms in total. The molecule has 0 saturated heterocycles. The van der Waals surface area contributed by atoms with Gasteiger partial charge in [0.1, 0.15) is 5.75 Å². The molecule has 1 radical (unpaired) electrons. The van der Waals surface area contributed by atoms with E-state index in [9.17, 15) is 5.11 Å². The van der Waals surface area contributed by atoms with Crippen LogP contribution in [0.3, 0.4) is 0 Å². The summed E-state index contributed by atoms with van der Waals surface area (Å²) in [5, 5.41) is 17.7. The molecule has 0 amide bonds. The number of aryl methyl sites for hydroxylation is 1. The van der Waals surface area contributed by atoms with Gasteiger partial charge in [-0.2, -0.15) is 0 Å². The van der Waals surface area contributed by atoms with Gasteiger partial charge in [-0.15, -0.1) is 0 Å². The fourth-order valence-corrected chi connectivity index (χ4v) is 0.919. The maximum absolute atomic E-state index is 9.22. The van der Waals surface area contributed by atoms with Gasteiger partial charge in [-0.3, -0.25) is 0 Å². The van der Waals surface area contributed by atoms with Gasteiger partial charge in [0.15, 0.2) is 0 Å². The van der Waals surface area contributed by atoms with Crippen LogP contribution in [-0.2, 0) is 6.42 Å². The predicted molar refractivity (Wildman–Crippen MR) is 42.3 cm³/mol. The lowest BCUT2D eigenvalue weighted by Crippen LogP contribution is -1.89. The maximum atomic E-state index is 9.22. The van der Waals surface area contributed by atoms with Crippen molar-refractivity contribution in [2.75, 3.05) is 6.61 Å². The highest BCUT2D eigenvalue weighted by molar-refractivity contribution is 5.30. The molecule has 1 aromatic carbocycles. The Labute approximate surface area is 66.1 Å². The molecule has 1 rings (SSSR count). The monoisotopic (exact) mass is 151 g/mol. The summed E-state index contributed by atoms with van der Waals surface area (Å²) in [5.74, 6) is 0.265. The van der Waals surface area contributed by atoms with Gasteiger partial charge in [0.25, 0.3) is 0 Å². The lowest BCUT2D eigenvalue weighted by atomic mass is 10.1. The van der Waals surface area contributed by atoms with Crippen LogP contribution in [0, 0.1) is 6.07 Å². The highest BCUT2D eigenvalue weighted by Gasteiger charge is 1.97. The molecule has 1 aromatic rings. The van der Waals surface area contributed by atoms with E-state index in [0.29, 0.717) is 12.8 Å². The Kier molecular flexibility index (Phi) is 2.93. The Morgan fingerprint density at radius 1 is 1.45 bits per heavy atom. The summed E-state index contributed by atoms with van der Waals surface area (Å²) in [6.07, 6.45) is 1.36. The predicted octanol–water partition coefficient (Wildman–Crippen LogP) is 1.12. The quantitative estimate of drug-likeness (QED) is 0.679. The minimum absolute atomic E-state index is 0.155. The first-order valence-electron chi connectivity index (χ1n) is 3.64. The standard InChI is InChI=1S/C9H11O2/c10-7-3-5-8-4-1-2-6-9(8)11/h1-2,6,10-11H,3,5,7H2. The van der Waals surface area contributed by atoms with Crippen molar-refractivity contribution in [1.82, 2.24) is 0 Å². The van der Waals surface area contributed by atoms with E-state index in [4.69, 9.17) is 5.11 Å². The Hall–Kier alpha value is -1.02. The Morgan fingerprint density at radius 3 is 2.91 bits per heavy atom. The summed E-state index contributed by atoms with van der Waals surface area (Å²) in [4.78, 5) is 0. The molecule has 2 N–H and O–H groups in total. The molecule has 0 fully saturated rings. The van der Waals surface area contributed by atoms with Crippen LogP contribution >= 0.6 is 0 Å². The molecule has 0 atom stereocenters. The van der Waals surface area contributed by atoms with E-state index >= 15 is 0 Å².